The Morgan fingerprint density at radius 3 is 2.63 bits per heavy atom. The van der Waals surface area contributed by atoms with Gasteiger partial charge in [-0.25, -0.2) is 0 Å². The molecule has 0 amide bonds. The topological polar surface area (TPSA) is 52.9 Å². The Bertz CT molecular complexity index is 770. The minimum atomic E-state index is 0.0264. The van der Waals surface area contributed by atoms with Crippen LogP contribution in [0.15, 0.2) is 59.7 Å². The highest BCUT2D eigenvalue weighted by Crippen LogP contribution is 2.18. The predicted molar refractivity (Wildman–Crippen MR) is 77.1 cm³/mol. The number of hydrogen-bond donors (Lipinski definition) is 1. The Hall–Kier alpha value is -2.49. The van der Waals surface area contributed by atoms with Gasteiger partial charge in [0.2, 0.25) is 0 Å². The molecular weight excluding hydrogens is 238 g/mol. The largest absolute Gasteiger partial charge is 0.399 e. The van der Waals surface area contributed by atoms with E-state index in [1.807, 2.05) is 36.7 Å². The summed E-state index contributed by atoms with van der Waals surface area (Å²) in [5.41, 5.74) is 7.70. The summed E-state index contributed by atoms with van der Waals surface area (Å²) in [6.07, 6.45) is 3.83. The maximum atomic E-state index is 11.6. The van der Waals surface area contributed by atoms with E-state index in [0.717, 1.165) is 23.1 Å². The highest BCUT2D eigenvalue weighted by atomic mass is 16.1. The van der Waals surface area contributed by atoms with Crippen LogP contribution in [-0.2, 0) is 13.1 Å². The van der Waals surface area contributed by atoms with Gasteiger partial charge < -0.3 is 14.9 Å². The molecule has 0 aliphatic heterocycles. The third kappa shape index (κ3) is 2.25. The van der Waals surface area contributed by atoms with Gasteiger partial charge in [0.05, 0.1) is 5.52 Å². The van der Waals surface area contributed by atoms with Gasteiger partial charge in [-0.1, -0.05) is 12.1 Å². The molecule has 0 aliphatic rings. The summed E-state index contributed by atoms with van der Waals surface area (Å²) >= 11 is 0. The third-order valence-electron chi connectivity index (χ3n) is 3.28. The van der Waals surface area contributed by atoms with Gasteiger partial charge in [0.15, 0.2) is 0 Å². The highest BCUT2D eigenvalue weighted by Gasteiger charge is 2.02. The summed E-state index contributed by atoms with van der Waals surface area (Å²) in [4.78, 5) is 11.6. The third-order valence-corrected chi connectivity index (χ3v) is 3.28. The molecule has 3 rings (SSSR count). The van der Waals surface area contributed by atoms with E-state index in [4.69, 9.17) is 5.73 Å². The highest BCUT2D eigenvalue weighted by molar-refractivity contribution is 5.83. The zero-order valence-corrected chi connectivity index (χ0v) is 10.5. The van der Waals surface area contributed by atoms with E-state index in [-0.39, 0.29) is 5.56 Å². The number of aromatic nitrogens is 2. The smallest absolute Gasteiger partial charge is 0.250 e. The van der Waals surface area contributed by atoms with Crippen LogP contribution in [0.1, 0.15) is 0 Å². The number of fused-ring (bicyclic) bond motifs is 1. The maximum Gasteiger partial charge on any atom is 0.250 e. The summed E-state index contributed by atoms with van der Waals surface area (Å²) in [5.74, 6) is 0. The average Bonchev–Trinajstić information content (AvgIpc) is 2.80. The summed E-state index contributed by atoms with van der Waals surface area (Å²) in [6, 6.07) is 13.1. The van der Waals surface area contributed by atoms with Crippen molar-refractivity contribution in [3.63, 3.8) is 0 Å². The number of rotatable bonds is 3. The van der Waals surface area contributed by atoms with Crippen LogP contribution in [0.25, 0.3) is 10.9 Å². The lowest BCUT2D eigenvalue weighted by atomic mass is 10.2. The molecule has 96 valence electrons. The average molecular weight is 253 g/mol. The van der Waals surface area contributed by atoms with Crippen molar-refractivity contribution >= 4 is 16.6 Å². The molecule has 0 fully saturated rings. The Morgan fingerprint density at radius 1 is 0.947 bits per heavy atom. The second-order valence-electron chi connectivity index (χ2n) is 4.56. The van der Waals surface area contributed by atoms with E-state index < -0.39 is 0 Å². The molecule has 2 aromatic heterocycles. The normalized spacial score (nSPS) is 10.9. The quantitative estimate of drug-likeness (QED) is 0.727. The van der Waals surface area contributed by atoms with Crippen LogP contribution in [0.4, 0.5) is 5.69 Å². The van der Waals surface area contributed by atoms with Crippen molar-refractivity contribution in [3.8, 4) is 0 Å². The molecule has 0 aliphatic carbocycles. The van der Waals surface area contributed by atoms with Crippen LogP contribution in [0.3, 0.4) is 0 Å². The van der Waals surface area contributed by atoms with Crippen molar-refractivity contribution in [2.24, 2.45) is 0 Å². The number of benzene rings is 1. The van der Waals surface area contributed by atoms with Crippen LogP contribution < -0.4 is 11.3 Å². The SMILES string of the molecule is Nc1ccc2ccn(CCn3ccccc3=O)c2c1. The van der Waals surface area contributed by atoms with E-state index in [1.54, 1.807) is 16.7 Å². The van der Waals surface area contributed by atoms with Crippen LogP contribution in [0.5, 0.6) is 0 Å². The Morgan fingerprint density at radius 2 is 1.79 bits per heavy atom. The van der Waals surface area contributed by atoms with Gasteiger partial charge in [0.1, 0.15) is 0 Å². The van der Waals surface area contributed by atoms with Gasteiger partial charge in [-0.05, 0) is 29.7 Å². The molecule has 4 heteroatoms. The first-order valence-electron chi connectivity index (χ1n) is 6.24. The van der Waals surface area contributed by atoms with Crippen molar-refractivity contribution in [1.29, 1.82) is 0 Å². The summed E-state index contributed by atoms with van der Waals surface area (Å²) in [5, 5.41) is 1.16. The van der Waals surface area contributed by atoms with Gasteiger partial charge in [-0.3, -0.25) is 4.79 Å². The summed E-state index contributed by atoms with van der Waals surface area (Å²) in [6.45, 7) is 1.40. The second-order valence-corrected chi connectivity index (χ2v) is 4.56. The van der Waals surface area contributed by atoms with Crippen LogP contribution in [0, 0.1) is 0 Å². The fraction of sp³-hybridized carbons (Fsp3) is 0.133. The van der Waals surface area contributed by atoms with Crippen LogP contribution in [-0.4, -0.2) is 9.13 Å². The molecule has 19 heavy (non-hydrogen) atoms. The fourth-order valence-electron chi connectivity index (χ4n) is 2.26. The Labute approximate surface area is 110 Å². The molecule has 2 heterocycles. The minimum absolute atomic E-state index is 0.0264. The molecule has 3 aromatic rings. The maximum absolute atomic E-state index is 11.6. The van der Waals surface area contributed by atoms with Gasteiger partial charge in [0.25, 0.3) is 5.56 Å². The van der Waals surface area contributed by atoms with E-state index in [9.17, 15) is 4.79 Å². The fourth-order valence-corrected chi connectivity index (χ4v) is 2.26. The summed E-state index contributed by atoms with van der Waals surface area (Å²) in [7, 11) is 0. The lowest BCUT2D eigenvalue weighted by Crippen LogP contribution is -2.20. The summed E-state index contributed by atoms with van der Waals surface area (Å²) < 4.78 is 3.82. The zero-order valence-electron chi connectivity index (χ0n) is 10.5. The molecule has 0 saturated heterocycles. The lowest BCUT2D eigenvalue weighted by Gasteiger charge is -2.08. The molecule has 2 N–H and O–H groups in total. The molecule has 0 bridgehead atoms. The minimum Gasteiger partial charge on any atom is -0.399 e. The number of pyridine rings is 1. The molecule has 0 atom stereocenters. The molecule has 0 saturated carbocycles. The molecule has 4 nitrogen and oxygen atoms in total. The van der Waals surface area contributed by atoms with Crippen LogP contribution >= 0.6 is 0 Å². The van der Waals surface area contributed by atoms with Crippen molar-refractivity contribution < 1.29 is 0 Å². The zero-order chi connectivity index (χ0) is 13.2. The molecular formula is C15H15N3O. The van der Waals surface area contributed by atoms with Gasteiger partial charge in [-0.2, -0.15) is 0 Å². The monoisotopic (exact) mass is 253 g/mol. The van der Waals surface area contributed by atoms with Gasteiger partial charge >= 0.3 is 0 Å². The van der Waals surface area contributed by atoms with Gasteiger partial charge in [-0.15, -0.1) is 0 Å². The van der Waals surface area contributed by atoms with E-state index in [2.05, 4.69) is 10.6 Å². The van der Waals surface area contributed by atoms with E-state index in [1.165, 1.54) is 0 Å². The molecule has 0 radical (unpaired) electrons. The van der Waals surface area contributed by atoms with E-state index >= 15 is 0 Å². The van der Waals surface area contributed by atoms with Gasteiger partial charge in [0, 0.05) is 37.2 Å². The number of nitrogens with two attached hydrogens (primary N) is 1. The van der Waals surface area contributed by atoms with Crippen molar-refractivity contribution in [2.45, 2.75) is 13.1 Å². The van der Waals surface area contributed by atoms with Crippen molar-refractivity contribution in [1.82, 2.24) is 9.13 Å². The molecule has 1 aromatic carbocycles. The number of aryl methyl sites for hydroxylation is 2. The number of nitrogen functional groups attached to an aromatic ring is 1. The molecule has 0 spiro atoms. The van der Waals surface area contributed by atoms with Crippen LogP contribution in [0.2, 0.25) is 0 Å². The number of hydrogen-bond acceptors (Lipinski definition) is 2. The first-order valence-corrected chi connectivity index (χ1v) is 6.24. The van der Waals surface area contributed by atoms with E-state index in [0.29, 0.717) is 6.54 Å². The first-order chi connectivity index (χ1) is 9.24. The predicted octanol–water partition coefficient (Wildman–Crippen LogP) is 2.09. The number of anilines is 1. The molecule has 0 unspecified atom stereocenters. The lowest BCUT2D eigenvalue weighted by molar-refractivity contribution is 0.577. The Kier molecular flexibility index (Phi) is 2.83. The first kappa shape index (κ1) is 11.6. The van der Waals surface area contributed by atoms with Crippen molar-refractivity contribution in [2.75, 3.05) is 5.73 Å². The Balaban J connectivity index is 1.88. The number of nitrogens with zero attached hydrogens (tertiary/aromatic N) is 2. The second kappa shape index (κ2) is 4.65. The van der Waals surface area contributed by atoms with Crippen molar-refractivity contribution in [3.05, 3.63) is 65.2 Å². The standard InChI is InChI=1S/C15H15N3O/c16-13-5-4-12-6-8-17(14(12)11-13)9-10-18-7-2-1-3-15(18)19/h1-8,11H,9-10,16H2.